The average molecular weight is 230 g/mol. The lowest BCUT2D eigenvalue weighted by atomic mass is 9.97. The van der Waals surface area contributed by atoms with Crippen LogP contribution in [0.3, 0.4) is 0 Å². The molecular weight excluding hydrogens is 212 g/mol. The van der Waals surface area contributed by atoms with E-state index in [1.165, 1.54) is 0 Å². The number of hydrogen-bond donors (Lipinski definition) is 1. The average Bonchev–Trinajstić information content (AvgIpc) is 2.15. The number of thioether (sulfide) groups is 1. The zero-order valence-electron chi connectivity index (χ0n) is 9.66. The Balaban J connectivity index is 2.81. The number of amides is 2. The predicted molar refractivity (Wildman–Crippen MR) is 61.8 cm³/mol. The first-order valence-electron chi connectivity index (χ1n) is 5.02. The molecule has 1 unspecified atom stereocenters. The molecular formula is C10H18N2O2S. The van der Waals surface area contributed by atoms with Gasteiger partial charge in [0.1, 0.15) is 11.6 Å². The Kier molecular flexibility index (Phi) is 3.65. The van der Waals surface area contributed by atoms with Gasteiger partial charge in [0, 0.05) is 12.3 Å². The lowest BCUT2D eigenvalue weighted by molar-refractivity contribution is -0.152. The van der Waals surface area contributed by atoms with E-state index in [9.17, 15) is 9.59 Å². The summed E-state index contributed by atoms with van der Waals surface area (Å²) in [6.07, 6.45) is 1.99. The van der Waals surface area contributed by atoms with Crippen LogP contribution in [0.25, 0.3) is 0 Å². The largest absolute Gasteiger partial charge is 0.340 e. The summed E-state index contributed by atoms with van der Waals surface area (Å²) in [6.45, 7) is 5.89. The molecule has 0 aromatic heterocycles. The predicted octanol–water partition coefficient (Wildman–Crippen LogP) is 0.475. The van der Waals surface area contributed by atoms with Crippen molar-refractivity contribution < 1.29 is 9.59 Å². The topological polar surface area (TPSA) is 49.4 Å². The molecule has 0 aromatic carbocycles. The second-order valence-electron chi connectivity index (χ2n) is 4.28. The molecule has 1 aliphatic heterocycles. The fraction of sp³-hybridized carbons (Fsp3) is 0.800. The molecule has 1 N–H and O–H groups in total. The van der Waals surface area contributed by atoms with Crippen molar-refractivity contribution in [1.29, 1.82) is 0 Å². The second-order valence-corrected chi connectivity index (χ2v) is 5.27. The number of piperazine rings is 1. The standard InChI is InChI=1S/C10H18N2O2S/c1-7-8(13)11-10(2,3)9(14)12(7)5-6-15-4/h7H,5-6H2,1-4H3,(H,11,13). The van der Waals surface area contributed by atoms with Crippen LogP contribution in [-0.2, 0) is 9.59 Å². The molecule has 1 rings (SSSR count). The van der Waals surface area contributed by atoms with Crippen LogP contribution < -0.4 is 5.32 Å². The van der Waals surface area contributed by atoms with E-state index in [4.69, 9.17) is 0 Å². The zero-order chi connectivity index (χ0) is 11.6. The third-order valence-corrected chi connectivity index (χ3v) is 3.21. The van der Waals surface area contributed by atoms with E-state index in [0.717, 1.165) is 5.75 Å². The molecule has 1 fully saturated rings. The third-order valence-electron chi connectivity index (χ3n) is 2.61. The minimum absolute atomic E-state index is 0.00338. The Morgan fingerprint density at radius 3 is 2.60 bits per heavy atom. The molecule has 1 saturated heterocycles. The van der Waals surface area contributed by atoms with Gasteiger partial charge in [-0.05, 0) is 27.0 Å². The number of nitrogens with zero attached hydrogens (tertiary/aromatic N) is 1. The highest BCUT2D eigenvalue weighted by atomic mass is 32.2. The van der Waals surface area contributed by atoms with Crippen molar-refractivity contribution in [1.82, 2.24) is 10.2 Å². The Labute approximate surface area is 94.8 Å². The molecule has 15 heavy (non-hydrogen) atoms. The fourth-order valence-electron chi connectivity index (χ4n) is 1.63. The minimum Gasteiger partial charge on any atom is -0.340 e. The van der Waals surface area contributed by atoms with E-state index in [1.54, 1.807) is 37.4 Å². The molecule has 0 aromatic rings. The fourth-order valence-corrected chi connectivity index (χ4v) is 2.01. The summed E-state index contributed by atoms with van der Waals surface area (Å²) in [5.74, 6) is 0.795. The van der Waals surface area contributed by atoms with Gasteiger partial charge in [-0.3, -0.25) is 9.59 Å². The van der Waals surface area contributed by atoms with E-state index in [-0.39, 0.29) is 17.9 Å². The SMILES string of the molecule is CSCCN1C(=O)C(C)(C)NC(=O)C1C. The van der Waals surface area contributed by atoms with E-state index >= 15 is 0 Å². The molecule has 1 atom stereocenters. The summed E-state index contributed by atoms with van der Waals surface area (Å²) < 4.78 is 0. The van der Waals surface area contributed by atoms with Gasteiger partial charge in [-0.25, -0.2) is 0 Å². The Hall–Kier alpha value is -0.710. The maximum atomic E-state index is 12.0. The number of carbonyl (C=O) groups excluding carboxylic acids is 2. The molecule has 4 nitrogen and oxygen atoms in total. The molecule has 0 bridgehead atoms. The Morgan fingerprint density at radius 1 is 1.47 bits per heavy atom. The monoisotopic (exact) mass is 230 g/mol. The molecule has 5 heteroatoms. The number of carbonyl (C=O) groups is 2. The highest BCUT2D eigenvalue weighted by molar-refractivity contribution is 7.98. The molecule has 86 valence electrons. The maximum absolute atomic E-state index is 12.0. The summed E-state index contributed by atoms with van der Waals surface area (Å²) >= 11 is 1.68. The van der Waals surface area contributed by atoms with Gasteiger partial charge in [-0.15, -0.1) is 0 Å². The van der Waals surface area contributed by atoms with Crippen molar-refractivity contribution in [2.24, 2.45) is 0 Å². The summed E-state index contributed by atoms with van der Waals surface area (Å²) in [7, 11) is 0. The Morgan fingerprint density at radius 2 is 2.07 bits per heavy atom. The van der Waals surface area contributed by atoms with Crippen LogP contribution >= 0.6 is 11.8 Å². The highest BCUT2D eigenvalue weighted by Crippen LogP contribution is 2.17. The van der Waals surface area contributed by atoms with E-state index in [0.29, 0.717) is 6.54 Å². The van der Waals surface area contributed by atoms with E-state index in [2.05, 4.69) is 5.32 Å². The number of rotatable bonds is 3. The second kappa shape index (κ2) is 4.43. The molecule has 0 spiro atoms. The first-order valence-corrected chi connectivity index (χ1v) is 6.41. The van der Waals surface area contributed by atoms with Crippen LogP contribution in [0.4, 0.5) is 0 Å². The van der Waals surface area contributed by atoms with Gasteiger partial charge in [0.25, 0.3) is 0 Å². The Bertz CT molecular complexity index is 279. The van der Waals surface area contributed by atoms with Gasteiger partial charge in [0.05, 0.1) is 0 Å². The van der Waals surface area contributed by atoms with Crippen LogP contribution in [0, 0.1) is 0 Å². The van der Waals surface area contributed by atoms with E-state index in [1.807, 2.05) is 6.26 Å². The van der Waals surface area contributed by atoms with Crippen LogP contribution in [0.5, 0.6) is 0 Å². The van der Waals surface area contributed by atoms with Gasteiger partial charge < -0.3 is 10.2 Å². The normalized spacial score (nSPS) is 25.3. The molecule has 0 radical (unpaired) electrons. The van der Waals surface area contributed by atoms with Crippen molar-refractivity contribution in [3.8, 4) is 0 Å². The first kappa shape index (κ1) is 12.4. The number of hydrogen-bond acceptors (Lipinski definition) is 3. The summed E-state index contributed by atoms with van der Waals surface area (Å²) in [6, 6.07) is -0.349. The number of nitrogens with one attached hydrogen (secondary N) is 1. The summed E-state index contributed by atoms with van der Waals surface area (Å²) in [5.41, 5.74) is -0.762. The minimum atomic E-state index is -0.762. The molecule has 1 aliphatic rings. The van der Waals surface area contributed by atoms with Crippen molar-refractivity contribution in [2.75, 3.05) is 18.6 Å². The molecule has 0 aliphatic carbocycles. The third kappa shape index (κ3) is 2.45. The molecule has 2 amide bonds. The van der Waals surface area contributed by atoms with Gasteiger partial charge in [-0.1, -0.05) is 0 Å². The first-order chi connectivity index (χ1) is 6.90. The quantitative estimate of drug-likeness (QED) is 0.767. The van der Waals surface area contributed by atoms with Crippen molar-refractivity contribution >= 4 is 23.6 Å². The van der Waals surface area contributed by atoms with Crippen LogP contribution in [0.15, 0.2) is 0 Å². The maximum Gasteiger partial charge on any atom is 0.248 e. The summed E-state index contributed by atoms with van der Waals surface area (Å²) in [4.78, 5) is 25.3. The van der Waals surface area contributed by atoms with Gasteiger partial charge >= 0.3 is 0 Å². The van der Waals surface area contributed by atoms with Gasteiger partial charge in [-0.2, -0.15) is 11.8 Å². The smallest absolute Gasteiger partial charge is 0.248 e. The van der Waals surface area contributed by atoms with Gasteiger partial charge in [0.2, 0.25) is 11.8 Å². The van der Waals surface area contributed by atoms with Crippen molar-refractivity contribution in [3.05, 3.63) is 0 Å². The summed E-state index contributed by atoms with van der Waals surface area (Å²) in [5, 5.41) is 2.72. The zero-order valence-corrected chi connectivity index (χ0v) is 10.5. The van der Waals surface area contributed by atoms with Crippen molar-refractivity contribution in [3.63, 3.8) is 0 Å². The van der Waals surface area contributed by atoms with Crippen LogP contribution in [0.1, 0.15) is 20.8 Å². The lowest BCUT2D eigenvalue weighted by Crippen LogP contribution is -2.67. The van der Waals surface area contributed by atoms with Crippen molar-refractivity contribution in [2.45, 2.75) is 32.4 Å². The van der Waals surface area contributed by atoms with Gasteiger partial charge in [0.15, 0.2) is 0 Å². The van der Waals surface area contributed by atoms with E-state index < -0.39 is 5.54 Å². The van der Waals surface area contributed by atoms with Crippen LogP contribution in [0.2, 0.25) is 0 Å². The molecule has 0 saturated carbocycles. The lowest BCUT2D eigenvalue weighted by Gasteiger charge is -2.41. The highest BCUT2D eigenvalue weighted by Gasteiger charge is 2.42. The van der Waals surface area contributed by atoms with Crippen LogP contribution in [-0.4, -0.2) is 46.8 Å². The molecule has 1 heterocycles.